The second kappa shape index (κ2) is 12.8. The van der Waals surface area contributed by atoms with Crippen LogP contribution in [-0.2, 0) is 36.8 Å². The van der Waals surface area contributed by atoms with Gasteiger partial charge in [-0.05, 0) is 18.4 Å². The zero-order valence-corrected chi connectivity index (χ0v) is 21.9. The number of hydrogen-bond donors (Lipinski definition) is 6. The number of phosphoric acid groups is 2. The molecule has 0 radical (unpaired) electrons. The molecule has 0 spiro atoms. The van der Waals surface area contributed by atoms with Gasteiger partial charge in [0.25, 0.3) is 5.56 Å². The molecule has 39 heavy (non-hydrogen) atoms. The normalized spacial score (nSPS) is 32.0. The van der Waals surface area contributed by atoms with Crippen molar-refractivity contribution in [2.45, 2.75) is 62.7 Å². The number of carbonyl (C=O) groups excluding carboxylic acids is 1. The molecule has 1 aromatic heterocycles. The number of aliphatic hydroxyl groups excluding tert-OH is 2. The summed E-state index contributed by atoms with van der Waals surface area (Å²) in [7, 11) is -10.8. The Balaban J connectivity index is 1.62. The average molecular weight is 600 g/mol. The molecule has 1 amide bonds. The average Bonchev–Trinajstić information content (AvgIpc) is 3.29. The standard InChI is InChI=1S/C17H26N6O14P2/c1-8(24)20-13-15(27)14(26)10(6-19-22-18)35-16(13)36-39(31,32)37-38(29,30)33-7-9-2-3-12(34-9)23-5-4-11(25)21-17(23)28/h4-5,9-10,12-16,26-27H,2-3,6-7H2,1H3,(H,20,24)(H,29,30)(H,31,32)(H,21,25,28). The van der Waals surface area contributed by atoms with Gasteiger partial charge in [-0.3, -0.25) is 28.2 Å². The highest BCUT2D eigenvalue weighted by atomic mass is 31.3. The van der Waals surface area contributed by atoms with Crippen molar-refractivity contribution >= 4 is 21.6 Å². The molecular formula is C17H26N6O14P2. The van der Waals surface area contributed by atoms with Gasteiger partial charge >= 0.3 is 21.3 Å². The van der Waals surface area contributed by atoms with Crippen molar-refractivity contribution in [1.82, 2.24) is 14.9 Å². The van der Waals surface area contributed by atoms with E-state index in [0.717, 1.165) is 17.6 Å². The third-order valence-electron chi connectivity index (χ3n) is 5.51. The molecule has 1 aromatic rings. The maximum atomic E-state index is 12.5. The maximum Gasteiger partial charge on any atom is 0.483 e. The lowest BCUT2D eigenvalue weighted by atomic mass is 9.97. The van der Waals surface area contributed by atoms with E-state index in [1.807, 2.05) is 0 Å². The van der Waals surface area contributed by atoms with Gasteiger partial charge in [0, 0.05) is 24.1 Å². The molecule has 3 rings (SSSR count). The van der Waals surface area contributed by atoms with Crippen LogP contribution in [-0.4, -0.2) is 85.4 Å². The van der Waals surface area contributed by atoms with Gasteiger partial charge in [-0.2, -0.15) is 4.31 Å². The van der Waals surface area contributed by atoms with Crippen molar-refractivity contribution < 1.29 is 56.8 Å². The van der Waals surface area contributed by atoms with Crippen LogP contribution < -0.4 is 16.6 Å². The number of H-pyrrole nitrogens is 1. The van der Waals surface area contributed by atoms with Crippen LogP contribution >= 0.6 is 15.6 Å². The summed E-state index contributed by atoms with van der Waals surface area (Å²) in [5, 5.41) is 25.8. The molecule has 22 heteroatoms. The predicted octanol–water partition coefficient (Wildman–Crippen LogP) is -1.27. The molecule has 6 N–H and O–H groups in total. The van der Waals surface area contributed by atoms with E-state index in [9.17, 15) is 43.5 Å². The number of nitrogens with zero attached hydrogens (tertiary/aromatic N) is 4. The highest BCUT2D eigenvalue weighted by Gasteiger charge is 2.49. The number of nitrogens with one attached hydrogen (secondary N) is 2. The summed E-state index contributed by atoms with van der Waals surface area (Å²) in [4.78, 5) is 59.2. The fourth-order valence-corrected chi connectivity index (χ4v) is 6.01. The highest BCUT2D eigenvalue weighted by molar-refractivity contribution is 7.61. The number of hydrogen-bond acceptors (Lipinski definition) is 13. The molecule has 2 aliphatic rings. The Morgan fingerprint density at radius 2 is 1.97 bits per heavy atom. The first kappa shape index (κ1) is 31.1. The molecule has 0 aromatic carbocycles. The Labute approximate surface area is 218 Å². The fraction of sp³-hybridized carbons (Fsp3) is 0.706. The Hall–Kier alpha value is -2.44. The van der Waals surface area contributed by atoms with Gasteiger partial charge in [0.1, 0.15) is 24.5 Å². The molecule has 3 heterocycles. The second-order valence-electron chi connectivity index (χ2n) is 8.39. The summed E-state index contributed by atoms with van der Waals surface area (Å²) in [6, 6.07) is -0.545. The zero-order valence-electron chi connectivity index (χ0n) is 20.1. The molecule has 218 valence electrons. The maximum absolute atomic E-state index is 12.5. The summed E-state index contributed by atoms with van der Waals surface area (Å²) in [5.41, 5.74) is 7.14. The van der Waals surface area contributed by atoms with E-state index in [1.54, 1.807) is 0 Å². The van der Waals surface area contributed by atoms with Gasteiger partial charge in [0.2, 0.25) is 5.91 Å². The molecule has 2 fully saturated rings. The van der Waals surface area contributed by atoms with E-state index in [2.05, 4.69) is 24.6 Å². The molecular weight excluding hydrogens is 574 g/mol. The summed E-state index contributed by atoms with van der Waals surface area (Å²) in [5.74, 6) is -0.763. The van der Waals surface area contributed by atoms with Crippen LogP contribution in [0.2, 0.25) is 0 Å². The van der Waals surface area contributed by atoms with Crippen LogP contribution in [0.25, 0.3) is 10.4 Å². The molecule has 0 saturated carbocycles. The van der Waals surface area contributed by atoms with E-state index in [4.69, 9.17) is 24.1 Å². The number of azide groups is 1. The van der Waals surface area contributed by atoms with Gasteiger partial charge < -0.3 is 34.8 Å². The Morgan fingerprint density at radius 1 is 1.26 bits per heavy atom. The van der Waals surface area contributed by atoms with E-state index in [1.165, 1.54) is 6.20 Å². The number of phosphoric ester groups is 2. The SMILES string of the molecule is CC(=O)NC1C(OP(=O)(O)OP(=O)(O)OCC2CCC(n3ccc(=O)[nH]c3=O)O2)OC(CN=[N+]=[N-])C(O)C1O. The number of aliphatic hydroxyl groups is 2. The number of carbonyl (C=O) groups is 1. The monoisotopic (exact) mass is 600 g/mol. The van der Waals surface area contributed by atoms with Crippen molar-refractivity contribution in [3.05, 3.63) is 43.5 Å². The van der Waals surface area contributed by atoms with E-state index in [0.29, 0.717) is 0 Å². The number of rotatable bonds is 11. The van der Waals surface area contributed by atoms with Crippen LogP contribution in [0.15, 0.2) is 27.0 Å². The van der Waals surface area contributed by atoms with Gasteiger partial charge in [0.15, 0.2) is 6.29 Å². The molecule has 2 saturated heterocycles. The molecule has 0 aliphatic carbocycles. The van der Waals surface area contributed by atoms with Crippen LogP contribution in [0.4, 0.5) is 0 Å². The summed E-state index contributed by atoms with van der Waals surface area (Å²) < 4.78 is 50.5. The Morgan fingerprint density at radius 3 is 2.62 bits per heavy atom. The van der Waals surface area contributed by atoms with Crippen LogP contribution in [0.3, 0.4) is 0 Å². The van der Waals surface area contributed by atoms with E-state index < -0.39 is 88.9 Å². The molecule has 2 aliphatic heterocycles. The van der Waals surface area contributed by atoms with Crippen molar-refractivity contribution in [1.29, 1.82) is 0 Å². The smallest absolute Gasteiger partial charge is 0.388 e. The molecule has 20 nitrogen and oxygen atoms in total. The Kier molecular flexibility index (Phi) is 10.2. The quantitative estimate of drug-likeness (QED) is 0.0747. The Bertz CT molecular complexity index is 1300. The van der Waals surface area contributed by atoms with Crippen LogP contribution in [0, 0.1) is 0 Å². The van der Waals surface area contributed by atoms with Gasteiger partial charge in [-0.1, -0.05) is 5.11 Å². The minimum absolute atomic E-state index is 0.241. The van der Waals surface area contributed by atoms with Crippen molar-refractivity contribution in [2.75, 3.05) is 13.2 Å². The van der Waals surface area contributed by atoms with Gasteiger partial charge in [0.05, 0.1) is 25.4 Å². The lowest BCUT2D eigenvalue weighted by Crippen LogP contribution is -2.64. The van der Waals surface area contributed by atoms with E-state index in [-0.39, 0.29) is 12.8 Å². The highest BCUT2D eigenvalue weighted by Crippen LogP contribution is 2.61. The minimum Gasteiger partial charge on any atom is -0.388 e. The summed E-state index contributed by atoms with van der Waals surface area (Å²) in [6.07, 6.45) is -6.97. The third-order valence-corrected chi connectivity index (χ3v) is 8.11. The van der Waals surface area contributed by atoms with E-state index >= 15 is 0 Å². The van der Waals surface area contributed by atoms with Crippen molar-refractivity contribution in [3.8, 4) is 0 Å². The number of amides is 1. The van der Waals surface area contributed by atoms with Crippen molar-refractivity contribution in [3.63, 3.8) is 0 Å². The second-order valence-corrected chi connectivity index (χ2v) is 11.4. The van der Waals surface area contributed by atoms with Crippen LogP contribution in [0.1, 0.15) is 26.0 Å². The number of aromatic amines is 1. The molecule has 9 atom stereocenters. The predicted molar refractivity (Wildman–Crippen MR) is 125 cm³/mol. The third kappa shape index (κ3) is 8.52. The van der Waals surface area contributed by atoms with Crippen molar-refractivity contribution in [2.24, 2.45) is 5.11 Å². The number of aromatic nitrogens is 2. The minimum atomic E-state index is -5.52. The topological polar surface area (TPSA) is 294 Å². The first-order valence-electron chi connectivity index (χ1n) is 11.2. The zero-order chi connectivity index (χ0) is 29.0. The lowest BCUT2D eigenvalue weighted by Gasteiger charge is -2.42. The summed E-state index contributed by atoms with van der Waals surface area (Å²) >= 11 is 0. The van der Waals surface area contributed by atoms with Gasteiger partial charge in [-0.25, -0.2) is 13.9 Å². The first-order valence-corrected chi connectivity index (χ1v) is 14.2. The fourth-order valence-electron chi connectivity index (χ4n) is 3.83. The molecule has 0 bridgehead atoms. The van der Waals surface area contributed by atoms with Gasteiger partial charge in [-0.15, -0.1) is 0 Å². The van der Waals surface area contributed by atoms with Crippen LogP contribution in [0.5, 0.6) is 0 Å². The summed E-state index contributed by atoms with van der Waals surface area (Å²) in [6.45, 7) is -0.140. The lowest BCUT2D eigenvalue weighted by molar-refractivity contribution is -0.238. The molecule has 9 unspecified atom stereocenters. The number of ether oxygens (including phenoxy) is 2. The largest absolute Gasteiger partial charge is 0.483 e. The first-order chi connectivity index (χ1) is 18.2.